The molecule has 1 saturated heterocycles. The Morgan fingerprint density at radius 2 is 2.04 bits per heavy atom. The maximum atomic E-state index is 13.4. The molecule has 27 heavy (non-hydrogen) atoms. The molecule has 1 atom stereocenters. The zero-order valence-corrected chi connectivity index (χ0v) is 15.4. The number of amides is 1. The number of methoxy groups -OCH3 is 1. The number of hydrogen-bond donors (Lipinski definition) is 1. The van der Waals surface area contributed by atoms with E-state index in [1.54, 1.807) is 13.2 Å². The van der Waals surface area contributed by atoms with Crippen molar-refractivity contribution in [3.8, 4) is 5.75 Å². The zero-order chi connectivity index (χ0) is 19.2. The lowest BCUT2D eigenvalue weighted by Gasteiger charge is -2.19. The highest BCUT2D eigenvalue weighted by Crippen LogP contribution is 2.25. The number of nitrogens with zero attached hydrogens (tertiary/aromatic N) is 1. The summed E-state index contributed by atoms with van der Waals surface area (Å²) in [5.74, 6) is -0.568. The molecule has 0 spiro atoms. The molecule has 0 radical (unpaired) electrons. The van der Waals surface area contributed by atoms with Gasteiger partial charge in [0.2, 0.25) is 5.91 Å². The summed E-state index contributed by atoms with van der Waals surface area (Å²) in [4.78, 5) is 14.2. The number of ether oxygens (including phenoxy) is 1. The van der Waals surface area contributed by atoms with Crippen LogP contribution in [0, 0.1) is 17.6 Å². The molecule has 1 fully saturated rings. The number of nitrogens with one attached hydrogen (secondary N) is 1. The van der Waals surface area contributed by atoms with E-state index in [4.69, 9.17) is 4.74 Å². The summed E-state index contributed by atoms with van der Waals surface area (Å²) in [6, 6.07) is 11.7. The van der Waals surface area contributed by atoms with E-state index in [9.17, 15) is 13.6 Å². The molecule has 144 valence electrons. The standard InChI is InChI=1S/C21H24F2N2O2/c1-27-20-5-3-2-4-16(20)6-9-21(26)24-13-15-10-11-25(14-15)17-7-8-18(22)19(23)12-17/h2-5,7-8,12,15H,6,9-11,13-14H2,1H3,(H,24,26). The van der Waals surface area contributed by atoms with E-state index in [0.717, 1.165) is 36.9 Å². The number of para-hydroxylation sites is 1. The Morgan fingerprint density at radius 3 is 2.81 bits per heavy atom. The van der Waals surface area contributed by atoms with Crippen molar-refractivity contribution < 1.29 is 18.3 Å². The summed E-state index contributed by atoms with van der Waals surface area (Å²) in [6.07, 6.45) is 1.94. The SMILES string of the molecule is COc1ccccc1CCC(=O)NCC1CCN(c2ccc(F)c(F)c2)C1. The van der Waals surface area contributed by atoms with Crippen LogP contribution in [-0.2, 0) is 11.2 Å². The van der Waals surface area contributed by atoms with Gasteiger partial charge in [-0.3, -0.25) is 4.79 Å². The Balaban J connectivity index is 1.44. The van der Waals surface area contributed by atoms with Crippen LogP contribution in [-0.4, -0.2) is 32.7 Å². The van der Waals surface area contributed by atoms with Gasteiger partial charge in [-0.05, 0) is 42.5 Å². The first-order valence-electron chi connectivity index (χ1n) is 9.15. The van der Waals surface area contributed by atoms with Crippen molar-refractivity contribution in [3.63, 3.8) is 0 Å². The summed E-state index contributed by atoms with van der Waals surface area (Å²) < 4.78 is 31.8. The zero-order valence-electron chi connectivity index (χ0n) is 15.4. The highest BCUT2D eigenvalue weighted by atomic mass is 19.2. The Bertz CT molecular complexity index is 798. The van der Waals surface area contributed by atoms with Crippen molar-refractivity contribution in [1.29, 1.82) is 0 Å². The van der Waals surface area contributed by atoms with Crippen LogP contribution in [0.1, 0.15) is 18.4 Å². The lowest BCUT2D eigenvalue weighted by Crippen LogP contribution is -2.31. The molecular formula is C21H24F2N2O2. The molecule has 1 heterocycles. The normalized spacial score (nSPS) is 16.4. The maximum Gasteiger partial charge on any atom is 0.220 e. The first-order valence-corrected chi connectivity index (χ1v) is 9.15. The van der Waals surface area contributed by atoms with Crippen molar-refractivity contribution >= 4 is 11.6 Å². The lowest BCUT2D eigenvalue weighted by molar-refractivity contribution is -0.121. The van der Waals surface area contributed by atoms with Gasteiger partial charge in [0.25, 0.3) is 0 Å². The van der Waals surface area contributed by atoms with Gasteiger partial charge in [0.15, 0.2) is 11.6 Å². The second kappa shape index (κ2) is 8.84. The first-order chi connectivity index (χ1) is 13.1. The molecule has 2 aromatic carbocycles. The highest BCUT2D eigenvalue weighted by molar-refractivity contribution is 5.76. The van der Waals surface area contributed by atoms with Gasteiger partial charge in [0, 0.05) is 37.8 Å². The van der Waals surface area contributed by atoms with E-state index >= 15 is 0 Å². The highest BCUT2D eigenvalue weighted by Gasteiger charge is 2.23. The smallest absolute Gasteiger partial charge is 0.220 e. The van der Waals surface area contributed by atoms with E-state index in [1.807, 2.05) is 29.2 Å². The molecule has 6 heteroatoms. The van der Waals surface area contributed by atoms with E-state index in [-0.39, 0.29) is 5.91 Å². The molecule has 2 aromatic rings. The minimum Gasteiger partial charge on any atom is -0.496 e. The maximum absolute atomic E-state index is 13.4. The van der Waals surface area contributed by atoms with Gasteiger partial charge in [-0.2, -0.15) is 0 Å². The molecule has 3 rings (SSSR count). The molecule has 0 saturated carbocycles. The summed E-state index contributed by atoms with van der Waals surface area (Å²) in [5, 5.41) is 2.98. The molecule has 0 bridgehead atoms. The third-order valence-corrected chi connectivity index (χ3v) is 4.96. The number of aryl methyl sites for hydroxylation is 1. The molecule has 0 aromatic heterocycles. The summed E-state index contributed by atoms with van der Waals surface area (Å²) >= 11 is 0. The van der Waals surface area contributed by atoms with E-state index in [1.165, 1.54) is 6.07 Å². The molecule has 1 unspecified atom stereocenters. The summed E-state index contributed by atoms with van der Waals surface area (Å²) in [5.41, 5.74) is 1.69. The van der Waals surface area contributed by atoms with Crippen LogP contribution in [0.25, 0.3) is 0 Å². The van der Waals surface area contributed by atoms with Gasteiger partial charge in [-0.1, -0.05) is 18.2 Å². The third-order valence-electron chi connectivity index (χ3n) is 4.96. The average Bonchev–Trinajstić information content (AvgIpc) is 3.16. The van der Waals surface area contributed by atoms with Crippen LogP contribution in [0.15, 0.2) is 42.5 Å². The fourth-order valence-electron chi connectivity index (χ4n) is 3.42. The number of hydrogen-bond acceptors (Lipinski definition) is 3. The van der Waals surface area contributed by atoms with E-state index in [2.05, 4.69) is 5.32 Å². The molecule has 1 aliphatic heterocycles. The van der Waals surface area contributed by atoms with Crippen LogP contribution in [0.3, 0.4) is 0 Å². The predicted molar refractivity (Wildman–Crippen MR) is 101 cm³/mol. The second-order valence-electron chi connectivity index (χ2n) is 6.82. The fourth-order valence-corrected chi connectivity index (χ4v) is 3.42. The van der Waals surface area contributed by atoms with Crippen LogP contribution in [0.2, 0.25) is 0 Å². The van der Waals surface area contributed by atoms with Gasteiger partial charge in [-0.25, -0.2) is 8.78 Å². The average molecular weight is 374 g/mol. The van der Waals surface area contributed by atoms with Gasteiger partial charge >= 0.3 is 0 Å². The molecule has 4 nitrogen and oxygen atoms in total. The number of rotatable bonds is 7. The topological polar surface area (TPSA) is 41.6 Å². The van der Waals surface area contributed by atoms with Crippen molar-refractivity contribution in [3.05, 3.63) is 59.7 Å². The number of benzene rings is 2. The number of halogens is 2. The number of carbonyl (C=O) groups is 1. The molecule has 1 aliphatic rings. The van der Waals surface area contributed by atoms with E-state index < -0.39 is 11.6 Å². The Morgan fingerprint density at radius 1 is 1.22 bits per heavy atom. The Labute approximate surface area is 158 Å². The van der Waals surface area contributed by atoms with Gasteiger partial charge in [0.05, 0.1) is 7.11 Å². The van der Waals surface area contributed by atoms with Crippen molar-refractivity contribution in [2.75, 3.05) is 31.6 Å². The lowest BCUT2D eigenvalue weighted by atomic mass is 10.1. The molecule has 0 aliphatic carbocycles. The van der Waals surface area contributed by atoms with E-state index in [0.29, 0.717) is 31.0 Å². The van der Waals surface area contributed by atoms with Gasteiger partial charge in [0.1, 0.15) is 5.75 Å². The minimum atomic E-state index is -0.836. The molecule has 1 N–H and O–H groups in total. The number of anilines is 1. The molecule has 1 amide bonds. The molecular weight excluding hydrogens is 350 g/mol. The van der Waals surface area contributed by atoms with Gasteiger partial charge < -0.3 is 15.0 Å². The van der Waals surface area contributed by atoms with Crippen molar-refractivity contribution in [2.24, 2.45) is 5.92 Å². The van der Waals surface area contributed by atoms with Crippen molar-refractivity contribution in [1.82, 2.24) is 5.32 Å². The monoisotopic (exact) mass is 374 g/mol. The fraction of sp³-hybridized carbons (Fsp3) is 0.381. The predicted octanol–water partition coefficient (Wildman–Crippen LogP) is 3.55. The van der Waals surface area contributed by atoms with Crippen LogP contribution in [0.5, 0.6) is 5.75 Å². The van der Waals surface area contributed by atoms with Crippen LogP contribution < -0.4 is 15.0 Å². The second-order valence-corrected chi connectivity index (χ2v) is 6.82. The minimum absolute atomic E-state index is 0.00665. The Hall–Kier alpha value is -2.63. The van der Waals surface area contributed by atoms with Crippen LogP contribution >= 0.6 is 0 Å². The number of carbonyl (C=O) groups excluding carboxylic acids is 1. The largest absolute Gasteiger partial charge is 0.496 e. The third kappa shape index (κ3) is 4.96. The Kier molecular flexibility index (Phi) is 6.27. The van der Waals surface area contributed by atoms with Crippen LogP contribution in [0.4, 0.5) is 14.5 Å². The first kappa shape index (κ1) is 19.1. The van der Waals surface area contributed by atoms with Gasteiger partial charge in [-0.15, -0.1) is 0 Å². The summed E-state index contributed by atoms with van der Waals surface area (Å²) in [7, 11) is 1.62. The summed E-state index contributed by atoms with van der Waals surface area (Å²) in [6.45, 7) is 2.08. The van der Waals surface area contributed by atoms with Crippen molar-refractivity contribution in [2.45, 2.75) is 19.3 Å². The quantitative estimate of drug-likeness (QED) is 0.806.